The zero-order chi connectivity index (χ0) is 15.2. The lowest BCUT2D eigenvalue weighted by Gasteiger charge is -2.37. The molecule has 0 amide bonds. The number of hydrogen-bond acceptors (Lipinski definition) is 3. The van der Waals surface area contributed by atoms with Gasteiger partial charge in [-0.1, -0.05) is 32.6 Å². The van der Waals surface area contributed by atoms with Crippen LogP contribution in [0.3, 0.4) is 0 Å². The highest BCUT2D eigenvalue weighted by Crippen LogP contribution is 2.25. The van der Waals surface area contributed by atoms with E-state index in [1.165, 1.54) is 38.5 Å². The number of aliphatic carboxylic acids is 1. The maximum Gasteiger partial charge on any atom is 0.323 e. The van der Waals surface area contributed by atoms with Crippen LogP contribution in [0.1, 0.15) is 65.7 Å². The molecule has 0 aromatic carbocycles. The van der Waals surface area contributed by atoms with E-state index in [9.17, 15) is 9.90 Å². The average Bonchev–Trinajstić information content (AvgIpc) is 2.66. The molecule has 0 aromatic rings. The van der Waals surface area contributed by atoms with Gasteiger partial charge >= 0.3 is 5.97 Å². The van der Waals surface area contributed by atoms with Crippen molar-refractivity contribution < 1.29 is 9.90 Å². The number of nitrogens with one attached hydrogen (secondary N) is 1. The minimum atomic E-state index is -0.826. The Morgan fingerprint density at radius 1 is 1.35 bits per heavy atom. The molecule has 2 unspecified atom stereocenters. The Hall–Kier alpha value is -0.610. The first kappa shape index (κ1) is 17.4. The molecule has 2 atom stereocenters. The second-order valence-electron chi connectivity index (χ2n) is 6.53. The third-order valence-corrected chi connectivity index (χ3v) is 4.84. The van der Waals surface area contributed by atoms with Gasteiger partial charge in [0, 0.05) is 12.1 Å². The fraction of sp³-hybridized carbons (Fsp3) is 0.938. The fourth-order valence-corrected chi connectivity index (χ4v) is 3.39. The smallest absolute Gasteiger partial charge is 0.323 e. The first-order chi connectivity index (χ1) is 9.40. The monoisotopic (exact) mass is 284 g/mol. The van der Waals surface area contributed by atoms with E-state index in [1.54, 1.807) is 6.92 Å². The molecule has 2 N–H and O–H groups in total. The summed E-state index contributed by atoms with van der Waals surface area (Å²) in [5.74, 6) is -0.750. The molecule has 0 heterocycles. The Labute approximate surface area is 123 Å². The van der Waals surface area contributed by atoms with Gasteiger partial charge in [0.15, 0.2) is 0 Å². The number of carboxylic acid groups (broad SMARTS) is 1. The van der Waals surface area contributed by atoms with Crippen molar-refractivity contribution in [2.24, 2.45) is 0 Å². The van der Waals surface area contributed by atoms with Crippen LogP contribution in [0.5, 0.6) is 0 Å². The van der Waals surface area contributed by atoms with Gasteiger partial charge in [-0.25, -0.2) is 0 Å². The van der Waals surface area contributed by atoms with Crippen LogP contribution in [-0.4, -0.2) is 47.2 Å². The molecule has 4 heteroatoms. The van der Waals surface area contributed by atoms with Gasteiger partial charge in [0.25, 0.3) is 0 Å². The van der Waals surface area contributed by atoms with E-state index in [-0.39, 0.29) is 6.04 Å². The van der Waals surface area contributed by atoms with Crippen molar-refractivity contribution >= 4 is 5.97 Å². The summed E-state index contributed by atoms with van der Waals surface area (Å²) in [6.45, 7) is 6.60. The molecule has 0 aromatic heterocycles. The zero-order valence-corrected chi connectivity index (χ0v) is 13.6. The maximum atomic E-state index is 11.5. The van der Waals surface area contributed by atoms with Crippen LogP contribution in [0, 0.1) is 0 Å². The molecule has 0 saturated heterocycles. The number of carboxylic acids is 1. The summed E-state index contributed by atoms with van der Waals surface area (Å²) < 4.78 is 0. The highest BCUT2D eigenvalue weighted by atomic mass is 16.4. The van der Waals surface area contributed by atoms with E-state index in [2.05, 4.69) is 24.2 Å². The largest absolute Gasteiger partial charge is 0.480 e. The summed E-state index contributed by atoms with van der Waals surface area (Å²) in [4.78, 5) is 13.9. The summed E-state index contributed by atoms with van der Waals surface area (Å²) >= 11 is 0. The minimum absolute atomic E-state index is 0.276. The summed E-state index contributed by atoms with van der Waals surface area (Å²) in [6, 6.07) is 0.894. The highest BCUT2D eigenvalue weighted by Gasteiger charge is 2.35. The standard InChI is InChI=1S/C16H32N2O2/c1-5-17-16(3,15(19)20)12-13(2)18(4)14-10-8-6-7-9-11-14/h13-14,17H,5-12H2,1-4H3,(H,19,20). The molecule has 0 aliphatic heterocycles. The lowest BCUT2D eigenvalue weighted by molar-refractivity contribution is -0.145. The quantitative estimate of drug-likeness (QED) is 0.706. The Morgan fingerprint density at radius 3 is 2.35 bits per heavy atom. The van der Waals surface area contributed by atoms with Crippen LogP contribution < -0.4 is 5.32 Å². The van der Waals surface area contributed by atoms with E-state index < -0.39 is 11.5 Å². The van der Waals surface area contributed by atoms with Crippen LogP contribution in [0.25, 0.3) is 0 Å². The van der Waals surface area contributed by atoms with Crippen molar-refractivity contribution in [1.82, 2.24) is 10.2 Å². The maximum absolute atomic E-state index is 11.5. The van der Waals surface area contributed by atoms with E-state index in [1.807, 2.05) is 6.92 Å². The molecule has 1 rings (SSSR count). The van der Waals surface area contributed by atoms with Gasteiger partial charge in [0.1, 0.15) is 5.54 Å². The van der Waals surface area contributed by atoms with Crippen molar-refractivity contribution in [1.29, 1.82) is 0 Å². The van der Waals surface area contributed by atoms with E-state index in [0.717, 1.165) is 0 Å². The molecule has 1 aliphatic rings. The highest BCUT2D eigenvalue weighted by molar-refractivity contribution is 5.78. The Balaban J connectivity index is 2.62. The second kappa shape index (κ2) is 7.99. The van der Waals surface area contributed by atoms with Crippen LogP contribution >= 0.6 is 0 Å². The number of likely N-dealkylation sites (N-methyl/N-ethyl adjacent to an activating group) is 1. The molecule has 1 fully saturated rings. The summed E-state index contributed by atoms with van der Waals surface area (Å²) in [5.41, 5.74) is -0.826. The van der Waals surface area contributed by atoms with Gasteiger partial charge in [-0.3, -0.25) is 4.79 Å². The van der Waals surface area contributed by atoms with Gasteiger partial charge in [-0.2, -0.15) is 0 Å². The topological polar surface area (TPSA) is 52.6 Å². The molecular weight excluding hydrogens is 252 g/mol. The molecule has 0 spiro atoms. The predicted molar refractivity (Wildman–Crippen MR) is 83.0 cm³/mol. The van der Waals surface area contributed by atoms with Crippen molar-refractivity contribution in [3.63, 3.8) is 0 Å². The van der Waals surface area contributed by atoms with Crippen molar-refractivity contribution in [3.05, 3.63) is 0 Å². The van der Waals surface area contributed by atoms with Gasteiger partial charge in [-0.15, -0.1) is 0 Å². The SMILES string of the molecule is CCNC(C)(CC(C)N(C)C1CCCCCC1)C(=O)O. The van der Waals surface area contributed by atoms with Crippen molar-refractivity contribution in [2.45, 2.75) is 83.3 Å². The fourth-order valence-electron chi connectivity index (χ4n) is 3.39. The molecule has 4 nitrogen and oxygen atoms in total. The first-order valence-electron chi connectivity index (χ1n) is 8.11. The normalized spacial score (nSPS) is 22.2. The van der Waals surface area contributed by atoms with E-state index >= 15 is 0 Å². The zero-order valence-electron chi connectivity index (χ0n) is 13.6. The van der Waals surface area contributed by atoms with E-state index in [0.29, 0.717) is 19.0 Å². The van der Waals surface area contributed by atoms with Crippen LogP contribution in [-0.2, 0) is 4.79 Å². The number of rotatable bonds is 7. The molecule has 0 radical (unpaired) electrons. The van der Waals surface area contributed by atoms with Crippen molar-refractivity contribution in [2.75, 3.05) is 13.6 Å². The van der Waals surface area contributed by atoms with Gasteiger partial charge in [-0.05, 0) is 46.7 Å². The molecule has 1 aliphatic carbocycles. The summed E-state index contributed by atoms with van der Waals surface area (Å²) in [7, 11) is 2.16. The molecule has 118 valence electrons. The molecule has 20 heavy (non-hydrogen) atoms. The van der Waals surface area contributed by atoms with Crippen LogP contribution in [0.15, 0.2) is 0 Å². The summed E-state index contributed by atoms with van der Waals surface area (Å²) in [6.07, 6.45) is 8.48. The first-order valence-corrected chi connectivity index (χ1v) is 8.11. The Bertz CT molecular complexity index is 301. The molecule has 1 saturated carbocycles. The Kier molecular flexibility index (Phi) is 6.96. The lowest BCUT2D eigenvalue weighted by atomic mass is 9.91. The third-order valence-electron chi connectivity index (χ3n) is 4.84. The van der Waals surface area contributed by atoms with Crippen molar-refractivity contribution in [3.8, 4) is 0 Å². The van der Waals surface area contributed by atoms with Gasteiger partial charge in [0.2, 0.25) is 0 Å². The minimum Gasteiger partial charge on any atom is -0.480 e. The second-order valence-corrected chi connectivity index (χ2v) is 6.53. The van der Waals surface area contributed by atoms with E-state index in [4.69, 9.17) is 0 Å². The number of carbonyl (C=O) groups is 1. The molecular formula is C16H32N2O2. The summed E-state index contributed by atoms with van der Waals surface area (Å²) in [5, 5.41) is 12.6. The average molecular weight is 284 g/mol. The lowest BCUT2D eigenvalue weighted by Crippen LogP contribution is -2.54. The van der Waals surface area contributed by atoms with Crippen LogP contribution in [0.4, 0.5) is 0 Å². The Morgan fingerprint density at radius 2 is 1.90 bits per heavy atom. The molecule has 0 bridgehead atoms. The van der Waals surface area contributed by atoms with Crippen LogP contribution in [0.2, 0.25) is 0 Å². The number of nitrogens with zero attached hydrogens (tertiary/aromatic N) is 1. The van der Waals surface area contributed by atoms with Gasteiger partial charge in [0.05, 0.1) is 0 Å². The third kappa shape index (κ3) is 4.74. The number of hydrogen-bond donors (Lipinski definition) is 2. The van der Waals surface area contributed by atoms with Gasteiger partial charge < -0.3 is 15.3 Å². The predicted octanol–water partition coefficient (Wildman–Crippen LogP) is 2.87.